The molecule has 0 aliphatic rings. The van der Waals surface area contributed by atoms with Gasteiger partial charge in [-0.2, -0.15) is 0 Å². The van der Waals surface area contributed by atoms with Crippen molar-refractivity contribution in [2.45, 2.75) is 12.5 Å². The number of halogens is 1. The molecule has 0 unspecified atom stereocenters. The zero-order valence-corrected chi connectivity index (χ0v) is 14.2. The molecule has 0 spiro atoms. The molecule has 0 heterocycles. The lowest BCUT2D eigenvalue weighted by atomic mass is 10.1. The van der Waals surface area contributed by atoms with E-state index in [0.29, 0.717) is 23.6 Å². The third-order valence-corrected chi connectivity index (χ3v) is 4.05. The largest absolute Gasteiger partial charge is 0.465 e. The first-order chi connectivity index (χ1) is 11.5. The van der Waals surface area contributed by atoms with Gasteiger partial charge < -0.3 is 20.4 Å². The fraction of sp³-hybridized carbons (Fsp3) is 0.278. The summed E-state index contributed by atoms with van der Waals surface area (Å²) in [6.07, 6.45) is -1.38. The number of carbonyl (C=O) groups is 1. The van der Waals surface area contributed by atoms with E-state index in [2.05, 4.69) is 5.32 Å². The second-order valence-electron chi connectivity index (χ2n) is 5.50. The van der Waals surface area contributed by atoms with Gasteiger partial charge in [0.15, 0.2) is 0 Å². The molecular weight excluding hydrogens is 328 g/mol. The number of benzene rings is 2. The number of aliphatic hydroxyl groups excluding tert-OH is 1. The second-order valence-corrected chi connectivity index (χ2v) is 5.93. The maximum absolute atomic E-state index is 11.4. The van der Waals surface area contributed by atoms with Crippen molar-refractivity contribution in [2.24, 2.45) is 0 Å². The first kappa shape index (κ1) is 18.1. The van der Waals surface area contributed by atoms with E-state index in [9.17, 15) is 15.0 Å². The molecule has 0 bridgehead atoms. The number of nitrogens with one attached hydrogen (secondary N) is 1. The summed E-state index contributed by atoms with van der Waals surface area (Å²) in [7, 11) is 1.85. The van der Waals surface area contributed by atoms with Crippen LogP contribution in [0.25, 0.3) is 0 Å². The van der Waals surface area contributed by atoms with Crippen LogP contribution in [0.4, 0.5) is 10.5 Å². The van der Waals surface area contributed by atoms with Crippen LogP contribution < -0.4 is 5.32 Å². The molecule has 3 N–H and O–H groups in total. The van der Waals surface area contributed by atoms with Crippen LogP contribution in [0.15, 0.2) is 48.5 Å². The highest BCUT2D eigenvalue weighted by Crippen LogP contribution is 2.19. The lowest BCUT2D eigenvalue weighted by molar-refractivity contribution is 0.0973. The average molecular weight is 349 g/mol. The molecule has 0 saturated carbocycles. The van der Waals surface area contributed by atoms with E-state index in [4.69, 9.17) is 11.6 Å². The van der Waals surface area contributed by atoms with Gasteiger partial charge in [0.2, 0.25) is 0 Å². The van der Waals surface area contributed by atoms with Gasteiger partial charge in [0.05, 0.1) is 12.6 Å². The minimum absolute atomic E-state index is 0.00424. The molecule has 0 saturated heterocycles. The Hall–Kier alpha value is -2.24. The van der Waals surface area contributed by atoms with Gasteiger partial charge in [0.1, 0.15) is 0 Å². The van der Waals surface area contributed by atoms with Crippen molar-refractivity contribution in [1.82, 2.24) is 4.90 Å². The lowest BCUT2D eigenvalue weighted by Crippen LogP contribution is -2.35. The van der Waals surface area contributed by atoms with Crippen molar-refractivity contribution in [3.05, 3.63) is 64.7 Å². The van der Waals surface area contributed by atoms with Crippen molar-refractivity contribution in [1.29, 1.82) is 0 Å². The Labute approximate surface area is 146 Å². The van der Waals surface area contributed by atoms with Crippen molar-refractivity contribution in [3.8, 4) is 0 Å². The number of hydrogen-bond donors (Lipinski definition) is 3. The zero-order valence-electron chi connectivity index (χ0n) is 13.4. The summed E-state index contributed by atoms with van der Waals surface area (Å²) >= 11 is 5.91. The Morgan fingerprint density at radius 1 is 1.25 bits per heavy atom. The number of nitrogens with zero attached hydrogens (tertiary/aromatic N) is 1. The number of carboxylic acid groups (broad SMARTS) is 1. The molecule has 0 fully saturated rings. The SMILES string of the molecule is CNc1ccc(CCN(C[C@@H](O)c2cccc(Cl)c2)C(=O)O)cc1. The van der Waals surface area contributed by atoms with Gasteiger partial charge in [0.25, 0.3) is 0 Å². The van der Waals surface area contributed by atoms with Gasteiger partial charge in [-0.05, 0) is 41.8 Å². The van der Waals surface area contributed by atoms with Crippen LogP contribution in [0.3, 0.4) is 0 Å². The Kier molecular flexibility index (Phi) is 6.46. The molecule has 2 aromatic carbocycles. The van der Waals surface area contributed by atoms with E-state index >= 15 is 0 Å². The van der Waals surface area contributed by atoms with Crippen LogP contribution >= 0.6 is 11.6 Å². The maximum atomic E-state index is 11.4. The van der Waals surface area contributed by atoms with Crippen molar-refractivity contribution in [3.63, 3.8) is 0 Å². The Morgan fingerprint density at radius 2 is 1.96 bits per heavy atom. The summed E-state index contributed by atoms with van der Waals surface area (Å²) in [6, 6.07) is 14.6. The molecule has 24 heavy (non-hydrogen) atoms. The molecule has 1 amide bonds. The number of anilines is 1. The van der Waals surface area contributed by atoms with E-state index in [1.807, 2.05) is 31.3 Å². The number of amides is 1. The lowest BCUT2D eigenvalue weighted by Gasteiger charge is -2.23. The number of hydrogen-bond acceptors (Lipinski definition) is 3. The maximum Gasteiger partial charge on any atom is 0.407 e. The third-order valence-electron chi connectivity index (χ3n) is 3.81. The van der Waals surface area contributed by atoms with Gasteiger partial charge >= 0.3 is 6.09 Å². The van der Waals surface area contributed by atoms with Gasteiger partial charge in [-0.3, -0.25) is 0 Å². The fourth-order valence-corrected chi connectivity index (χ4v) is 2.59. The Bertz CT molecular complexity index is 676. The van der Waals surface area contributed by atoms with E-state index in [0.717, 1.165) is 11.3 Å². The van der Waals surface area contributed by atoms with Gasteiger partial charge in [-0.15, -0.1) is 0 Å². The minimum atomic E-state index is -1.05. The fourth-order valence-electron chi connectivity index (χ4n) is 2.40. The first-order valence-electron chi connectivity index (χ1n) is 7.67. The van der Waals surface area contributed by atoms with Gasteiger partial charge in [0, 0.05) is 24.3 Å². The highest BCUT2D eigenvalue weighted by molar-refractivity contribution is 6.30. The molecule has 0 aliphatic carbocycles. The van der Waals surface area contributed by atoms with Crippen molar-refractivity contribution >= 4 is 23.4 Å². The molecule has 0 aliphatic heterocycles. The summed E-state index contributed by atoms with van der Waals surface area (Å²) in [6.45, 7) is 0.316. The first-order valence-corrected chi connectivity index (χ1v) is 8.05. The van der Waals surface area contributed by atoms with Crippen LogP contribution in [-0.4, -0.2) is 41.3 Å². The number of aliphatic hydroxyl groups is 1. The summed E-state index contributed by atoms with van der Waals surface area (Å²) in [5, 5.41) is 23.2. The van der Waals surface area contributed by atoms with Gasteiger partial charge in [-0.25, -0.2) is 4.79 Å². The van der Waals surface area contributed by atoms with Crippen molar-refractivity contribution in [2.75, 3.05) is 25.5 Å². The summed E-state index contributed by atoms with van der Waals surface area (Å²) < 4.78 is 0. The smallest absolute Gasteiger partial charge is 0.407 e. The van der Waals surface area contributed by atoms with Crippen LogP contribution in [-0.2, 0) is 6.42 Å². The van der Waals surface area contributed by atoms with Crippen molar-refractivity contribution < 1.29 is 15.0 Å². The zero-order chi connectivity index (χ0) is 17.5. The predicted molar refractivity (Wildman–Crippen MR) is 95.7 cm³/mol. The average Bonchev–Trinajstić information content (AvgIpc) is 2.58. The monoisotopic (exact) mass is 348 g/mol. The van der Waals surface area contributed by atoms with E-state index in [-0.39, 0.29) is 6.54 Å². The van der Waals surface area contributed by atoms with Gasteiger partial charge in [-0.1, -0.05) is 35.9 Å². The minimum Gasteiger partial charge on any atom is -0.465 e. The summed E-state index contributed by atoms with van der Waals surface area (Å²) in [4.78, 5) is 12.7. The molecule has 0 aromatic heterocycles. The molecule has 128 valence electrons. The molecule has 5 nitrogen and oxygen atoms in total. The van der Waals surface area contributed by atoms with E-state index in [1.165, 1.54) is 4.90 Å². The third kappa shape index (κ3) is 5.15. The highest BCUT2D eigenvalue weighted by atomic mass is 35.5. The van der Waals surface area contributed by atoms with Crippen LogP contribution in [0, 0.1) is 0 Å². The van der Waals surface area contributed by atoms with E-state index in [1.54, 1.807) is 24.3 Å². The van der Waals surface area contributed by atoms with Crippen LogP contribution in [0.5, 0.6) is 0 Å². The molecule has 0 radical (unpaired) electrons. The molecule has 2 rings (SSSR count). The highest BCUT2D eigenvalue weighted by Gasteiger charge is 2.18. The van der Waals surface area contributed by atoms with Crippen LogP contribution in [0.2, 0.25) is 5.02 Å². The second kappa shape index (κ2) is 8.57. The normalized spacial score (nSPS) is 11.8. The topological polar surface area (TPSA) is 72.8 Å². The Morgan fingerprint density at radius 3 is 2.54 bits per heavy atom. The van der Waals surface area contributed by atoms with E-state index < -0.39 is 12.2 Å². The Balaban J connectivity index is 1.97. The molecule has 6 heteroatoms. The number of rotatable bonds is 7. The molecule has 2 aromatic rings. The van der Waals surface area contributed by atoms with Crippen LogP contribution in [0.1, 0.15) is 17.2 Å². The quantitative estimate of drug-likeness (QED) is 0.714. The summed E-state index contributed by atoms with van der Waals surface area (Å²) in [5.41, 5.74) is 2.65. The predicted octanol–water partition coefficient (Wildman–Crippen LogP) is 3.64. The standard InChI is InChI=1S/C18H21ClN2O3/c1-20-16-7-5-13(6-8-16)9-10-21(18(23)24)12-17(22)14-3-2-4-15(19)11-14/h2-8,11,17,20,22H,9-10,12H2,1H3,(H,23,24)/t17-/m1/s1. The summed E-state index contributed by atoms with van der Waals surface area (Å²) in [5.74, 6) is 0. The molecular formula is C18H21ClN2O3. The molecule has 1 atom stereocenters.